The highest BCUT2D eigenvalue weighted by Gasteiger charge is 2.42. The summed E-state index contributed by atoms with van der Waals surface area (Å²) in [6, 6.07) is 6.10. The van der Waals surface area contributed by atoms with Crippen molar-refractivity contribution in [2.24, 2.45) is 5.92 Å². The number of likely N-dealkylation sites (tertiary alicyclic amines) is 1. The molecule has 0 spiro atoms. The molecule has 2 aromatic rings. The van der Waals surface area contributed by atoms with Crippen LogP contribution in [0.3, 0.4) is 0 Å². The van der Waals surface area contributed by atoms with Crippen molar-refractivity contribution >= 4 is 21.1 Å². The first kappa shape index (κ1) is 18.5. The van der Waals surface area contributed by atoms with E-state index in [1.807, 2.05) is 6.07 Å². The van der Waals surface area contributed by atoms with Crippen LogP contribution in [0.5, 0.6) is 0 Å². The molecule has 0 radical (unpaired) electrons. The lowest BCUT2D eigenvalue weighted by atomic mass is 9.92. The second-order valence-electron chi connectivity index (χ2n) is 8.13. The van der Waals surface area contributed by atoms with Crippen LogP contribution in [-0.4, -0.2) is 66.1 Å². The van der Waals surface area contributed by atoms with Gasteiger partial charge in [-0.1, -0.05) is 6.42 Å². The van der Waals surface area contributed by atoms with E-state index in [-0.39, 0.29) is 0 Å². The maximum Gasteiger partial charge on any atom is 0.243 e. The van der Waals surface area contributed by atoms with Gasteiger partial charge in [0.2, 0.25) is 10.0 Å². The van der Waals surface area contributed by atoms with Gasteiger partial charge in [0.25, 0.3) is 0 Å². The van der Waals surface area contributed by atoms with Crippen LogP contribution in [0.25, 0.3) is 11.0 Å². The van der Waals surface area contributed by atoms with Crippen molar-refractivity contribution in [1.29, 1.82) is 0 Å². The number of hydrogen-bond donors (Lipinski definition) is 0. The minimum Gasteiger partial charge on any atom is -0.379 e. The highest BCUT2D eigenvalue weighted by Crippen LogP contribution is 2.39. The summed E-state index contributed by atoms with van der Waals surface area (Å²) < 4.78 is 35.0. The van der Waals surface area contributed by atoms with Gasteiger partial charge in [-0.25, -0.2) is 13.4 Å². The van der Waals surface area contributed by atoms with Crippen molar-refractivity contribution in [3.63, 3.8) is 0 Å². The number of imidazole rings is 1. The molecule has 0 N–H and O–H groups in total. The smallest absolute Gasteiger partial charge is 0.243 e. The van der Waals surface area contributed by atoms with Crippen LogP contribution in [0.15, 0.2) is 23.1 Å². The van der Waals surface area contributed by atoms with Crippen molar-refractivity contribution in [2.75, 3.05) is 32.8 Å². The highest BCUT2D eigenvalue weighted by atomic mass is 32.2. The SMILES string of the molecule is CCn1c(CN2C[C@H]3CCC[C@H]32)nc2cc(S(=O)(=O)N3CCOCC3)ccc21. The quantitative estimate of drug-likeness (QED) is 0.763. The zero-order valence-electron chi connectivity index (χ0n) is 16.4. The Morgan fingerprint density at radius 1 is 1.21 bits per heavy atom. The third-order valence-electron chi connectivity index (χ3n) is 6.62. The molecule has 0 unspecified atom stereocenters. The number of rotatable bonds is 5. The number of fused-ring (bicyclic) bond motifs is 2. The van der Waals surface area contributed by atoms with Crippen LogP contribution < -0.4 is 0 Å². The van der Waals surface area contributed by atoms with Crippen LogP contribution in [0.1, 0.15) is 32.0 Å². The summed E-state index contributed by atoms with van der Waals surface area (Å²) in [6.45, 7) is 6.71. The zero-order chi connectivity index (χ0) is 19.3. The lowest BCUT2D eigenvalue weighted by molar-refractivity contribution is 0.0273. The molecule has 2 saturated heterocycles. The molecule has 1 saturated carbocycles. The second-order valence-corrected chi connectivity index (χ2v) is 10.1. The van der Waals surface area contributed by atoms with Gasteiger partial charge >= 0.3 is 0 Å². The molecule has 5 rings (SSSR count). The number of hydrogen-bond acceptors (Lipinski definition) is 5. The van der Waals surface area contributed by atoms with E-state index in [1.165, 1.54) is 30.1 Å². The zero-order valence-corrected chi connectivity index (χ0v) is 17.2. The molecule has 152 valence electrons. The molecule has 3 heterocycles. The van der Waals surface area contributed by atoms with Crippen LogP contribution in [0, 0.1) is 5.92 Å². The van der Waals surface area contributed by atoms with Gasteiger partial charge in [0.15, 0.2) is 0 Å². The lowest BCUT2D eigenvalue weighted by Crippen LogP contribution is -2.52. The molecule has 2 aliphatic heterocycles. The van der Waals surface area contributed by atoms with Crippen LogP contribution in [-0.2, 0) is 27.8 Å². The predicted octanol–water partition coefficient (Wildman–Crippen LogP) is 2.06. The van der Waals surface area contributed by atoms with Crippen molar-refractivity contribution in [2.45, 2.75) is 50.2 Å². The molecule has 3 fully saturated rings. The van der Waals surface area contributed by atoms with Crippen LogP contribution in [0.4, 0.5) is 0 Å². The maximum atomic E-state index is 13.0. The first-order valence-corrected chi connectivity index (χ1v) is 11.8. The molecule has 2 atom stereocenters. The van der Waals surface area contributed by atoms with E-state index in [0.717, 1.165) is 41.9 Å². The van der Waals surface area contributed by atoms with Crippen molar-refractivity contribution < 1.29 is 13.2 Å². The summed E-state index contributed by atoms with van der Waals surface area (Å²) in [7, 11) is -3.50. The van der Waals surface area contributed by atoms with E-state index in [1.54, 1.807) is 12.1 Å². The Hall–Kier alpha value is -1.48. The predicted molar refractivity (Wildman–Crippen MR) is 107 cm³/mol. The average molecular weight is 405 g/mol. The van der Waals surface area contributed by atoms with Gasteiger partial charge in [-0.05, 0) is 43.9 Å². The molecule has 7 nitrogen and oxygen atoms in total. The summed E-state index contributed by atoms with van der Waals surface area (Å²) >= 11 is 0. The van der Waals surface area contributed by atoms with Gasteiger partial charge in [0.05, 0.1) is 35.7 Å². The van der Waals surface area contributed by atoms with Crippen LogP contribution >= 0.6 is 0 Å². The first-order valence-electron chi connectivity index (χ1n) is 10.4. The molecule has 1 aromatic carbocycles. The molecule has 3 aliphatic rings. The maximum absolute atomic E-state index is 13.0. The summed E-state index contributed by atoms with van der Waals surface area (Å²) in [6.07, 6.45) is 4.02. The van der Waals surface area contributed by atoms with Gasteiger partial charge in [0, 0.05) is 32.2 Å². The Balaban J connectivity index is 1.45. The largest absolute Gasteiger partial charge is 0.379 e. The molecule has 0 amide bonds. The van der Waals surface area contributed by atoms with E-state index in [4.69, 9.17) is 9.72 Å². The number of nitrogens with zero attached hydrogens (tertiary/aromatic N) is 4. The minimum absolute atomic E-state index is 0.328. The Morgan fingerprint density at radius 2 is 2.04 bits per heavy atom. The Kier molecular flexibility index (Phi) is 4.70. The third-order valence-corrected chi connectivity index (χ3v) is 8.52. The van der Waals surface area contributed by atoms with Gasteiger partial charge < -0.3 is 9.30 Å². The molecular weight excluding hydrogens is 376 g/mol. The summed E-state index contributed by atoms with van der Waals surface area (Å²) in [4.78, 5) is 7.72. The fourth-order valence-electron chi connectivity index (χ4n) is 5.10. The second kappa shape index (κ2) is 7.09. The highest BCUT2D eigenvalue weighted by molar-refractivity contribution is 7.89. The summed E-state index contributed by atoms with van der Waals surface area (Å²) in [5.74, 6) is 1.92. The van der Waals surface area contributed by atoms with E-state index >= 15 is 0 Å². The Bertz CT molecular complexity index is 981. The monoisotopic (exact) mass is 404 g/mol. The summed E-state index contributed by atoms with van der Waals surface area (Å²) in [5, 5.41) is 0. The van der Waals surface area contributed by atoms with Crippen molar-refractivity contribution in [1.82, 2.24) is 18.8 Å². The number of benzene rings is 1. The normalized spacial score (nSPS) is 26.5. The van der Waals surface area contributed by atoms with Gasteiger partial charge in [-0.15, -0.1) is 0 Å². The molecule has 1 aliphatic carbocycles. The number of aromatic nitrogens is 2. The minimum atomic E-state index is -3.50. The van der Waals surface area contributed by atoms with E-state index < -0.39 is 10.0 Å². The molecule has 1 aromatic heterocycles. The van der Waals surface area contributed by atoms with Crippen molar-refractivity contribution in [3.05, 3.63) is 24.0 Å². The standard InChI is InChI=1S/C20H28N4O3S/c1-2-24-19-7-6-16(28(25,26)23-8-10-27-11-9-23)12-17(19)21-20(24)14-22-13-15-4-3-5-18(15)22/h6-7,12,15,18H,2-5,8-11,13-14H2,1H3/t15-,18-/m1/s1. The van der Waals surface area contributed by atoms with E-state index in [0.29, 0.717) is 31.2 Å². The fraction of sp³-hybridized carbons (Fsp3) is 0.650. The lowest BCUT2D eigenvalue weighted by Gasteiger charge is -2.44. The van der Waals surface area contributed by atoms with Gasteiger partial charge in [0.1, 0.15) is 5.82 Å². The number of morpholine rings is 1. The third kappa shape index (κ3) is 2.98. The van der Waals surface area contributed by atoms with Gasteiger partial charge in [-0.2, -0.15) is 4.31 Å². The van der Waals surface area contributed by atoms with E-state index in [2.05, 4.69) is 16.4 Å². The molecule has 0 bridgehead atoms. The average Bonchev–Trinajstić information content (AvgIpc) is 3.25. The number of sulfonamides is 1. The Morgan fingerprint density at radius 3 is 2.79 bits per heavy atom. The summed E-state index contributed by atoms with van der Waals surface area (Å²) in [5.41, 5.74) is 1.79. The Labute approximate surface area is 166 Å². The van der Waals surface area contributed by atoms with Crippen LogP contribution in [0.2, 0.25) is 0 Å². The van der Waals surface area contributed by atoms with Crippen molar-refractivity contribution in [3.8, 4) is 0 Å². The molecule has 28 heavy (non-hydrogen) atoms. The molecular formula is C20H28N4O3S. The topological polar surface area (TPSA) is 67.7 Å². The number of ether oxygens (including phenoxy) is 1. The van der Waals surface area contributed by atoms with E-state index in [9.17, 15) is 8.42 Å². The fourth-order valence-corrected chi connectivity index (χ4v) is 6.53. The molecule has 8 heteroatoms. The van der Waals surface area contributed by atoms with Gasteiger partial charge in [-0.3, -0.25) is 4.90 Å². The first-order chi connectivity index (χ1) is 13.6. The number of aryl methyl sites for hydroxylation is 1.